The van der Waals surface area contributed by atoms with Crippen molar-refractivity contribution in [2.45, 2.75) is 24.8 Å². The summed E-state index contributed by atoms with van der Waals surface area (Å²) in [4.78, 5) is 11.6. The summed E-state index contributed by atoms with van der Waals surface area (Å²) in [5.41, 5.74) is 7.93. The van der Waals surface area contributed by atoms with E-state index in [4.69, 9.17) is 5.73 Å². The van der Waals surface area contributed by atoms with Crippen LogP contribution in [0.1, 0.15) is 19.3 Å². The molecule has 4 heteroatoms. The third-order valence-corrected chi connectivity index (χ3v) is 2.53. The van der Waals surface area contributed by atoms with Gasteiger partial charge in [0.2, 0.25) is 0 Å². The van der Waals surface area contributed by atoms with Gasteiger partial charge in [-0.05, 0) is 31.4 Å². The average molecular weight is 179 g/mol. The summed E-state index contributed by atoms with van der Waals surface area (Å²) < 4.78 is 1.62. The van der Waals surface area contributed by atoms with Crippen LogP contribution in [0.2, 0.25) is 0 Å². The zero-order valence-electron chi connectivity index (χ0n) is 7.36. The zero-order valence-corrected chi connectivity index (χ0v) is 7.36. The van der Waals surface area contributed by atoms with Gasteiger partial charge in [-0.1, -0.05) is 0 Å². The summed E-state index contributed by atoms with van der Waals surface area (Å²) in [6, 6.07) is 3.70. The molecule has 70 valence electrons. The van der Waals surface area contributed by atoms with E-state index >= 15 is 0 Å². The van der Waals surface area contributed by atoms with Crippen molar-refractivity contribution in [2.75, 3.05) is 5.43 Å². The second-order valence-electron chi connectivity index (χ2n) is 3.54. The van der Waals surface area contributed by atoms with E-state index in [0.29, 0.717) is 0 Å². The lowest BCUT2D eigenvalue weighted by atomic mass is 9.77. The number of carbonyl (C=O) groups excluding carboxylic acids is 1. The fraction of sp³-hybridized carbons (Fsp3) is 0.444. The van der Waals surface area contributed by atoms with Crippen LogP contribution in [0, 0.1) is 0 Å². The Balaban J connectivity index is 1.99. The van der Waals surface area contributed by atoms with Crippen molar-refractivity contribution in [3.63, 3.8) is 0 Å². The van der Waals surface area contributed by atoms with Crippen molar-refractivity contribution in [3.8, 4) is 0 Å². The third-order valence-electron chi connectivity index (χ3n) is 2.53. The molecule has 0 unspecified atom stereocenters. The Bertz CT molecular complexity index is 301. The van der Waals surface area contributed by atoms with Crippen molar-refractivity contribution >= 4 is 5.91 Å². The minimum Gasteiger partial charge on any atom is -0.317 e. The minimum atomic E-state index is -0.621. The van der Waals surface area contributed by atoms with Crippen LogP contribution in [0.15, 0.2) is 24.5 Å². The Morgan fingerprint density at radius 2 is 2.00 bits per heavy atom. The molecule has 0 bridgehead atoms. The second kappa shape index (κ2) is 2.88. The van der Waals surface area contributed by atoms with Crippen molar-refractivity contribution < 1.29 is 4.79 Å². The molecular formula is C9H13N3O. The number of hydrogen-bond acceptors (Lipinski definition) is 2. The van der Waals surface area contributed by atoms with Gasteiger partial charge in [-0.15, -0.1) is 0 Å². The van der Waals surface area contributed by atoms with E-state index in [-0.39, 0.29) is 5.91 Å². The van der Waals surface area contributed by atoms with Gasteiger partial charge in [-0.3, -0.25) is 14.9 Å². The normalized spacial score (nSPS) is 19.2. The number of nitrogens with one attached hydrogen (secondary N) is 1. The summed E-state index contributed by atoms with van der Waals surface area (Å²) in [5.74, 6) is -0.0880. The molecule has 1 amide bonds. The topological polar surface area (TPSA) is 60.1 Å². The largest absolute Gasteiger partial charge is 0.317 e. The Hall–Kier alpha value is -1.29. The molecule has 1 saturated carbocycles. The predicted molar refractivity (Wildman–Crippen MR) is 49.6 cm³/mol. The molecule has 0 spiro atoms. The van der Waals surface area contributed by atoms with Crippen molar-refractivity contribution in [1.82, 2.24) is 4.68 Å². The first-order valence-corrected chi connectivity index (χ1v) is 4.44. The Morgan fingerprint density at radius 1 is 1.38 bits per heavy atom. The molecule has 2 rings (SSSR count). The molecule has 4 nitrogen and oxygen atoms in total. The van der Waals surface area contributed by atoms with Crippen molar-refractivity contribution in [3.05, 3.63) is 24.5 Å². The SMILES string of the molecule is NC1(C(=O)Nn2cccc2)CCC1. The summed E-state index contributed by atoms with van der Waals surface area (Å²) in [5, 5.41) is 0. The molecule has 1 aliphatic carbocycles. The van der Waals surface area contributed by atoms with Gasteiger partial charge in [0, 0.05) is 12.4 Å². The third kappa shape index (κ3) is 1.45. The van der Waals surface area contributed by atoms with Crippen molar-refractivity contribution in [1.29, 1.82) is 0 Å². The molecule has 0 aromatic carbocycles. The summed E-state index contributed by atoms with van der Waals surface area (Å²) in [6.45, 7) is 0. The lowest BCUT2D eigenvalue weighted by molar-refractivity contribution is -0.124. The molecule has 0 saturated heterocycles. The fourth-order valence-corrected chi connectivity index (χ4v) is 1.42. The highest BCUT2D eigenvalue weighted by Crippen LogP contribution is 2.29. The lowest BCUT2D eigenvalue weighted by Gasteiger charge is -2.36. The first-order chi connectivity index (χ1) is 6.21. The Kier molecular flexibility index (Phi) is 1.84. The van der Waals surface area contributed by atoms with E-state index in [1.54, 1.807) is 17.1 Å². The van der Waals surface area contributed by atoms with Gasteiger partial charge >= 0.3 is 0 Å². The van der Waals surface area contributed by atoms with E-state index < -0.39 is 5.54 Å². The number of hydrogen-bond donors (Lipinski definition) is 2. The van der Waals surface area contributed by atoms with Crippen LogP contribution in [-0.2, 0) is 4.79 Å². The number of nitrogens with two attached hydrogens (primary N) is 1. The summed E-state index contributed by atoms with van der Waals surface area (Å²) in [7, 11) is 0. The highest BCUT2D eigenvalue weighted by Gasteiger charge is 2.40. The van der Waals surface area contributed by atoms with Crippen LogP contribution in [0.25, 0.3) is 0 Å². The van der Waals surface area contributed by atoms with Gasteiger partial charge in [0.1, 0.15) is 0 Å². The Morgan fingerprint density at radius 3 is 2.46 bits per heavy atom. The Labute approximate surface area is 76.7 Å². The van der Waals surface area contributed by atoms with E-state index in [1.165, 1.54) is 0 Å². The maximum Gasteiger partial charge on any atom is 0.258 e. The summed E-state index contributed by atoms with van der Waals surface area (Å²) >= 11 is 0. The minimum absolute atomic E-state index is 0.0880. The molecule has 1 heterocycles. The number of nitrogens with zero attached hydrogens (tertiary/aromatic N) is 1. The molecule has 1 aliphatic rings. The van der Waals surface area contributed by atoms with E-state index in [2.05, 4.69) is 5.43 Å². The molecule has 0 atom stereocenters. The van der Waals surface area contributed by atoms with Crippen LogP contribution in [0.4, 0.5) is 0 Å². The quantitative estimate of drug-likeness (QED) is 0.692. The fourth-order valence-electron chi connectivity index (χ4n) is 1.42. The molecule has 1 aromatic heterocycles. The molecule has 1 fully saturated rings. The molecule has 1 aromatic rings. The molecular weight excluding hydrogens is 166 g/mol. The standard InChI is InChI=1S/C9H13N3O/c10-9(4-3-5-9)8(13)11-12-6-1-2-7-12/h1-2,6-7H,3-5,10H2,(H,11,13). The molecule has 3 N–H and O–H groups in total. The van der Waals surface area contributed by atoms with E-state index in [1.807, 2.05) is 12.1 Å². The van der Waals surface area contributed by atoms with Gasteiger partial charge in [-0.2, -0.15) is 0 Å². The maximum absolute atomic E-state index is 11.6. The molecule has 13 heavy (non-hydrogen) atoms. The highest BCUT2D eigenvalue weighted by molar-refractivity contribution is 5.93. The number of amides is 1. The van der Waals surface area contributed by atoms with Gasteiger partial charge in [0.15, 0.2) is 0 Å². The van der Waals surface area contributed by atoms with Gasteiger partial charge in [-0.25, -0.2) is 0 Å². The van der Waals surface area contributed by atoms with Crippen LogP contribution in [0.3, 0.4) is 0 Å². The van der Waals surface area contributed by atoms with Gasteiger partial charge < -0.3 is 5.73 Å². The average Bonchev–Trinajstić information content (AvgIpc) is 2.52. The predicted octanol–water partition coefficient (Wildman–Crippen LogP) is 0.440. The molecule has 0 radical (unpaired) electrons. The van der Waals surface area contributed by atoms with Gasteiger partial charge in [0.05, 0.1) is 5.54 Å². The zero-order chi connectivity index (χ0) is 9.31. The first-order valence-electron chi connectivity index (χ1n) is 4.44. The van der Waals surface area contributed by atoms with Crippen LogP contribution >= 0.6 is 0 Å². The van der Waals surface area contributed by atoms with Crippen LogP contribution < -0.4 is 11.2 Å². The maximum atomic E-state index is 11.6. The van der Waals surface area contributed by atoms with Crippen molar-refractivity contribution in [2.24, 2.45) is 5.73 Å². The van der Waals surface area contributed by atoms with Crippen LogP contribution in [-0.4, -0.2) is 16.1 Å². The lowest BCUT2D eigenvalue weighted by Crippen LogP contribution is -2.57. The first kappa shape index (κ1) is 8.31. The van der Waals surface area contributed by atoms with Crippen LogP contribution in [0.5, 0.6) is 0 Å². The number of aromatic nitrogens is 1. The summed E-state index contributed by atoms with van der Waals surface area (Å²) in [6.07, 6.45) is 6.19. The van der Waals surface area contributed by atoms with E-state index in [0.717, 1.165) is 19.3 Å². The number of carbonyl (C=O) groups is 1. The second-order valence-corrected chi connectivity index (χ2v) is 3.54. The monoisotopic (exact) mass is 179 g/mol. The molecule has 0 aliphatic heterocycles. The smallest absolute Gasteiger partial charge is 0.258 e. The van der Waals surface area contributed by atoms with E-state index in [9.17, 15) is 4.79 Å². The number of rotatable bonds is 2. The highest BCUT2D eigenvalue weighted by atomic mass is 16.2. The van der Waals surface area contributed by atoms with Gasteiger partial charge in [0.25, 0.3) is 5.91 Å².